The first-order chi connectivity index (χ1) is 6.31. The minimum absolute atomic E-state index is 0.191. The molecule has 0 aliphatic carbocycles. The largest absolute Gasteiger partial charge is 0.392 e. The van der Waals surface area contributed by atoms with Crippen LogP contribution in [0.5, 0.6) is 0 Å². The van der Waals surface area contributed by atoms with E-state index in [-0.39, 0.29) is 6.10 Å². The molecule has 0 aliphatic heterocycles. The molecule has 13 heavy (non-hydrogen) atoms. The van der Waals surface area contributed by atoms with Crippen LogP contribution in [0.1, 0.15) is 32.6 Å². The van der Waals surface area contributed by atoms with Crippen LogP contribution in [0.25, 0.3) is 0 Å². The molecule has 0 spiro atoms. The second kappa shape index (κ2) is 9.96. The van der Waals surface area contributed by atoms with Crippen LogP contribution in [-0.4, -0.2) is 38.0 Å². The van der Waals surface area contributed by atoms with Gasteiger partial charge in [-0.05, 0) is 6.42 Å². The van der Waals surface area contributed by atoms with Crippen molar-refractivity contribution in [1.29, 1.82) is 0 Å². The third-order valence-electron chi connectivity index (χ3n) is 2.00. The molecule has 0 aromatic rings. The van der Waals surface area contributed by atoms with Crippen LogP contribution in [0.3, 0.4) is 0 Å². The van der Waals surface area contributed by atoms with Crippen molar-refractivity contribution in [3.8, 4) is 0 Å². The van der Waals surface area contributed by atoms with Crippen molar-refractivity contribution in [3.63, 3.8) is 0 Å². The molecule has 0 aromatic heterocycles. The minimum atomic E-state index is -0.191. The van der Waals surface area contributed by atoms with Gasteiger partial charge in [0.1, 0.15) is 0 Å². The van der Waals surface area contributed by atoms with E-state index in [0.29, 0.717) is 13.2 Å². The predicted molar refractivity (Wildman–Crippen MR) is 54.9 cm³/mol. The maximum absolute atomic E-state index is 9.47. The van der Waals surface area contributed by atoms with E-state index < -0.39 is 0 Å². The highest BCUT2D eigenvalue weighted by Gasteiger charge is 2.01. The van der Waals surface area contributed by atoms with Crippen molar-refractivity contribution in [2.24, 2.45) is 0 Å². The normalized spacial score (nSPS) is 13.2. The van der Waals surface area contributed by atoms with Crippen molar-refractivity contribution in [1.82, 2.24) is 5.32 Å². The van der Waals surface area contributed by atoms with Crippen LogP contribution in [0.15, 0.2) is 0 Å². The molecule has 0 fully saturated rings. The number of methoxy groups -OCH3 is 1. The number of aliphatic hydroxyl groups excluding tert-OH is 1. The second-order valence-corrected chi connectivity index (χ2v) is 3.35. The molecule has 0 saturated carbocycles. The number of hydrogen-bond acceptors (Lipinski definition) is 3. The molecule has 3 heteroatoms. The van der Waals surface area contributed by atoms with Crippen LogP contribution in [0, 0.1) is 0 Å². The van der Waals surface area contributed by atoms with Crippen LogP contribution < -0.4 is 5.32 Å². The maximum atomic E-state index is 9.47. The molecule has 0 bridgehead atoms. The first kappa shape index (κ1) is 12.9. The third-order valence-corrected chi connectivity index (χ3v) is 2.00. The Balaban J connectivity index is 3.05. The fraction of sp³-hybridized carbons (Fsp3) is 1.00. The van der Waals surface area contributed by atoms with Gasteiger partial charge in [0.25, 0.3) is 0 Å². The van der Waals surface area contributed by atoms with Crippen molar-refractivity contribution in [2.75, 3.05) is 26.8 Å². The summed E-state index contributed by atoms with van der Waals surface area (Å²) in [4.78, 5) is 0. The lowest BCUT2D eigenvalue weighted by Crippen LogP contribution is -2.29. The smallest absolute Gasteiger partial charge is 0.0664 e. The number of ether oxygens (including phenoxy) is 1. The molecular weight excluding hydrogens is 166 g/mol. The molecule has 0 aliphatic rings. The van der Waals surface area contributed by atoms with Crippen LogP contribution in [0.4, 0.5) is 0 Å². The van der Waals surface area contributed by atoms with E-state index in [9.17, 15) is 5.11 Å². The predicted octanol–water partition coefficient (Wildman–Crippen LogP) is 1.16. The van der Waals surface area contributed by atoms with Gasteiger partial charge in [-0.15, -0.1) is 0 Å². The summed E-state index contributed by atoms with van der Waals surface area (Å²) in [6.07, 6.45) is 4.28. The molecule has 80 valence electrons. The van der Waals surface area contributed by atoms with Crippen molar-refractivity contribution in [2.45, 2.75) is 38.7 Å². The molecule has 1 atom stereocenters. The molecular formula is C10H23NO2. The zero-order valence-corrected chi connectivity index (χ0v) is 8.88. The molecule has 0 radical (unpaired) electrons. The Morgan fingerprint density at radius 3 is 2.77 bits per heavy atom. The third kappa shape index (κ3) is 9.80. The summed E-state index contributed by atoms with van der Waals surface area (Å²) >= 11 is 0. The lowest BCUT2D eigenvalue weighted by molar-refractivity contribution is 0.149. The minimum Gasteiger partial charge on any atom is -0.392 e. The molecule has 0 heterocycles. The Hall–Kier alpha value is -0.120. The summed E-state index contributed by atoms with van der Waals surface area (Å²) in [6.45, 7) is 4.39. The lowest BCUT2D eigenvalue weighted by Gasteiger charge is -2.10. The summed E-state index contributed by atoms with van der Waals surface area (Å²) in [6, 6.07) is 0. The zero-order chi connectivity index (χ0) is 9.94. The first-order valence-corrected chi connectivity index (χ1v) is 5.19. The van der Waals surface area contributed by atoms with Crippen molar-refractivity contribution < 1.29 is 9.84 Å². The van der Waals surface area contributed by atoms with Gasteiger partial charge in [-0.3, -0.25) is 0 Å². The SMILES string of the molecule is CCCCCC(O)CNCCOC. The molecule has 0 saturated heterocycles. The van der Waals surface area contributed by atoms with E-state index in [0.717, 1.165) is 19.4 Å². The summed E-state index contributed by atoms with van der Waals surface area (Å²) in [7, 11) is 1.68. The number of nitrogens with one attached hydrogen (secondary N) is 1. The van der Waals surface area contributed by atoms with Gasteiger partial charge < -0.3 is 15.2 Å². The van der Waals surface area contributed by atoms with E-state index in [2.05, 4.69) is 12.2 Å². The molecule has 0 rings (SSSR count). The van der Waals surface area contributed by atoms with Gasteiger partial charge in [-0.25, -0.2) is 0 Å². The average Bonchev–Trinajstić information content (AvgIpc) is 2.13. The number of unbranched alkanes of at least 4 members (excludes halogenated alkanes) is 2. The Bertz CT molecular complexity index is 98.9. The van der Waals surface area contributed by atoms with E-state index in [1.165, 1.54) is 12.8 Å². The summed E-state index contributed by atoms with van der Waals surface area (Å²) in [5, 5.41) is 12.6. The van der Waals surface area contributed by atoms with Crippen molar-refractivity contribution >= 4 is 0 Å². The second-order valence-electron chi connectivity index (χ2n) is 3.35. The van der Waals surface area contributed by atoms with Crippen molar-refractivity contribution in [3.05, 3.63) is 0 Å². The Kier molecular flexibility index (Phi) is 9.87. The molecule has 2 N–H and O–H groups in total. The highest BCUT2D eigenvalue weighted by atomic mass is 16.5. The van der Waals surface area contributed by atoms with Crippen LogP contribution >= 0.6 is 0 Å². The van der Waals surface area contributed by atoms with Crippen LogP contribution in [0.2, 0.25) is 0 Å². The topological polar surface area (TPSA) is 41.5 Å². The molecule has 0 amide bonds. The molecule has 3 nitrogen and oxygen atoms in total. The van der Waals surface area contributed by atoms with E-state index in [4.69, 9.17) is 4.74 Å². The lowest BCUT2D eigenvalue weighted by atomic mass is 10.1. The monoisotopic (exact) mass is 189 g/mol. The van der Waals surface area contributed by atoms with Gasteiger partial charge in [0.2, 0.25) is 0 Å². The zero-order valence-electron chi connectivity index (χ0n) is 8.88. The van der Waals surface area contributed by atoms with Gasteiger partial charge >= 0.3 is 0 Å². The van der Waals surface area contributed by atoms with Gasteiger partial charge in [-0.2, -0.15) is 0 Å². The fourth-order valence-corrected chi connectivity index (χ4v) is 1.17. The first-order valence-electron chi connectivity index (χ1n) is 5.19. The molecule has 1 unspecified atom stereocenters. The fourth-order valence-electron chi connectivity index (χ4n) is 1.17. The number of rotatable bonds is 9. The summed E-state index contributed by atoms with van der Waals surface area (Å²) < 4.78 is 4.88. The average molecular weight is 189 g/mol. The summed E-state index contributed by atoms with van der Waals surface area (Å²) in [5.41, 5.74) is 0. The number of hydrogen-bond donors (Lipinski definition) is 2. The summed E-state index contributed by atoms with van der Waals surface area (Å²) in [5.74, 6) is 0. The standard InChI is InChI=1S/C10H23NO2/c1-3-4-5-6-10(12)9-11-7-8-13-2/h10-12H,3-9H2,1-2H3. The Morgan fingerprint density at radius 2 is 2.15 bits per heavy atom. The highest BCUT2D eigenvalue weighted by Crippen LogP contribution is 2.01. The van der Waals surface area contributed by atoms with Crippen LogP contribution in [-0.2, 0) is 4.74 Å². The van der Waals surface area contributed by atoms with E-state index in [1.54, 1.807) is 7.11 Å². The van der Waals surface area contributed by atoms with Gasteiger partial charge in [0.15, 0.2) is 0 Å². The highest BCUT2D eigenvalue weighted by molar-refractivity contribution is 4.59. The van der Waals surface area contributed by atoms with E-state index in [1.807, 2.05) is 0 Å². The maximum Gasteiger partial charge on any atom is 0.0664 e. The molecule has 0 aromatic carbocycles. The van der Waals surface area contributed by atoms with E-state index >= 15 is 0 Å². The Morgan fingerprint density at radius 1 is 1.38 bits per heavy atom. The quantitative estimate of drug-likeness (QED) is 0.535. The van der Waals surface area contributed by atoms with Gasteiger partial charge in [-0.1, -0.05) is 26.2 Å². The number of aliphatic hydroxyl groups is 1. The Labute approximate surface area is 81.5 Å². The van der Waals surface area contributed by atoms with Gasteiger partial charge in [0.05, 0.1) is 12.7 Å². The van der Waals surface area contributed by atoms with Gasteiger partial charge in [0, 0.05) is 20.2 Å².